The Kier molecular flexibility index (Phi) is 5.45. The molecule has 1 aromatic heterocycles. The molecular formula is C13H15F3N2O4S. The molecule has 1 heterocycles. The Labute approximate surface area is 130 Å². The van der Waals surface area contributed by atoms with E-state index in [-0.39, 0.29) is 11.5 Å². The van der Waals surface area contributed by atoms with Crippen LogP contribution in [0.1, 0.15) is 30.7 Å². The first-order valence-corrected chi connectivity index (χ1v) is 8.50. The van der Waals surface area contributed by atoms with Gasteiger partial charge in [0, 0.05) is 6.42 Å². The third-order valence-corrected chi connectivity index (χ3v) is 4.57. The van der Waals surface area contributed by atoms with Crippen LogP contribution in [0.15, 0.2) is 26.7 Å². The maximum absolute atomic E-state index is 12.7. The molecule has 0 bridgehead atoms. The van der Waals surface area contributed by atoms with Crippen molar-refractivity contribution in [1.82, 2.24) is 4.98 Å². The van der Waals surface area contributed by atoms with E-state index >= 15 is 0 Å². The lowest BCUT2D eigenvalue weighted by Crippen LogP contribution is -2.07. The summed E-state index contributed by atoms with van der Waals surface area (Å²) in [5.74, 6) is -2.05. The van der Waals surface area contributed by atoms with Gasteiger partial charge in [0.25, 0.3) is 0 Å². The molecule has 0 radical (unpaired) electrons. The maximum Gasteiger partial charge on any atom is 0.315 e. The second kappa shape index (κ2) is 7.16. The predicted octanol–water partition coefficient (Wildman–Crippen LogP) is 2.98. The van der Waals surface area contributed by atoms with Gasteiger partial charge in [0.05, 0.1) is 11.4 Å². The molecular weight excluding hydrogens is 337 g/mol. The molecule has 0 atom stereocenters. The van der Waals surface area contributed by atoms with E-state index in [4.69, 9.17) is 9.25 Å². The van der Waals surface area contributed by atoms with Crippen molar-refractivity contribution in [3.8, 4) is 0 Å². The molecule has 0 aromatic carbocycles. The van der Waals surface area contributed by atoms with E-state index < -0.39 is 39.1 Å². The number of sulfone groups is 1. The van der Waals surface area contributed by atoms with Crippen molar-refractivity contribution in [2.24, 2.45) is 11.1 Å². The van der Waals surface area contributed by atoms with E-state index in [0.717, 1.165) is 12.8 Å². The van der Waals surface area contributed by atoms with Crippen molar-refractivity contribution in [3.05, 3.63) is 23.4 Å². The lowest BCUT2D eigenvalue weighted by Gasteiger charge is -1.98. The molecule has 1 fully saturated rings. The SMILES string of the molecule is Cc1nc(S(=O)(=O)CCC(F)=C(F)F)oc1C=NOCC1CC1. The van der Waals surface area contributed by atoms with Gasteiger partial charge in [-0.3, -0.25) is 0 Å². The van der Waals surface area contributed by atoms with Crippen LogP contribution in [0.25, 0.3) is 0 Å². The molecule has 10 heteroatoms. The highest BCUT2D eigenvalue weighted by Gasteiger charge is 2.24. The van der Waals surface area contributed by atoms with E-state index in [9.17, 15) is 21.6 Å². The summed E-state index contributed by atoms with van der Waals surface area (Å²) >= 11 is 0. The third-order valence-electron chi connectivity index (χ3n) is 3.13. The number of halogens is 3. The van der Waals surface area contributed by atoms with Crippen LogP contribution >= 0.6 is 0 Å². The number of nitrogens with zero attached hydrogens (tertiary/aromatic N) is 2. The van der Waals surface area contributed by atoms with Crippen molar-refractivity contribution >= 4 is 16.1 Å². The fraction of sp³-hybridized carbons (Fsp3) is 0.538. The smallest absolute Gasteiger partial charge is 0.315 e. The molecule has 1 aromatic rings. The number of hydrogen-bond donors (Lipinski definition) is 0. The fourth-order valence-corrected chi connectivity index (χ4v) is 2.67. The quantitative estimate of drug-likeness (QED) is 0.531. The average Bonchev–Trinajstić information content (AvgIpc) is 3.23. The molecule has 0 aliphatic heterocycles. The van der Waals surface area contributed by atoms with Crippen LogP contribution in [0, 0.1) is 12.8 Å². The summed E-state index contributed by atoms with van der Waals surface area (Å²) in [5.41, 5.74) is 0.245. The minimum absolute atomic E-state index is 0.0760. The van der Waals surface area contributed by atoms with Crippen LogP contribution in [-0.2, 0) is 14.7 Å². The topological polar surface area (TPSA) is 81.8 Å². The summed E-state index contributed by atoms with van der Waals surface area (Å²) < 4.78 is 65.4. The minimum atomic E-state index is -4.11. The second-order valence-electron chi connectivity index (χ2n) is 5.14. The van der Waals surface area contributed by atoms with Gasteiger partial charge in [-0.15, -0.1) is 0 Å². The Balaban J connectivity index is 2.01. The van der Waals surface area contributed by atoms with Gasteiger partial charge >= 0.3 is 11.3 Å². The lowest BCUT2D eigenvalue weighted by molar-refractivity contribution is 0.135. The molecule has 1 aliphatic rings. The summed E-state index contributed by atoms with van der Waals surface area (Å²) in [6.45, 7) is 1.97. The average molecular weight is 352 g/mol. The number of oxime groups is 1. The number of aromatic nitrogens is 1. The van der Waals surface area contributed by atoms with Crippen molar-refractivity contribution in [1.29, 1.82) is 0 Å². The highest BCUT2D eigenvalue weighted by molar-refractivity contribution is 7.91. The molecule has 1 saturated carbocycles. The molecule has 6 nitrogen and oxygen atoms in total. The number of oxazole rings is 1. The Morgan fingerprint density at radius 2 is 2.13 bits per heavy atom. The highest BCUT2D eigenvalue weighted by atomic mass is 32.2. The molecule has 0 N–H and O–H groups in total. The fourth-order valence-electron chi connectivity index (χ4n) is 1.56. The summed E-state index contributed by atoms with van der Waals surface area (Å²) in [6.07, 6.45) is -0.0942. The van der Waals surface area contributed by atoms with Crippen molar-refractivity contribution in [3.63, 3.8) is 0 Å². The zero-order valence-electron chi connectivity index (χ0n) is 12.3. The van der Waals surface area contributed by atoms with E-state index in [2.05, 4.69) is 10.1 Å². The number of hydrogen-bond acceptors (Lipinski definition) is 6. The van der Waals surface area contributed by atoms with Gasteiger partial charge in [-0.2, -0.15) is 8.78 Å². The van der Waals surface area contributed by atoms with E-state index in [1.165, 1.54) is 13.1 Å². The number of aryl methyl sites for hydroxylation is 1. The Morgan fingerprint density at radius 1 is 1.43 bits per heavy atom. The Hall–Kier alpha value is -1.84. The van der Waals surface area contributed by atoms with Gasteiger partial charge in [0.2, 0.25) is 9.84 Å². The summed E-state index contributed by atoms with van der Waals surface area (Å²) in [4.78, 5) is 8.71. The standard InChI is InChI=1S/C13H15F3N2O4S/c1-8-11(6-17-21-7-9-2-3-9)22-13(18-8)23(19,20)5-4-10(14)12(15)16/h6,9H,2-5,7H2,1H3. The first-order chi connectivity index (χ1) is 10.8. The van der Waals surface area contributed by atoms with Crippen LogP contribution in [0.2, 0.25) is 0 Å². The summed E-state index contributed by atoms with van der Waals surface area (Å²) in [5, 5.41) is 2.99. The molecule has 23 heavy (non-hydrogen) atoms. The van der Waals surface area contributed by atoms with Gasteiger partial charge in [-0.1, -0.05) is 5.16 Å². The normalized spacial score (nSPS) is 15.1. The number of rotatable bonds is 8. The van der Waals surface area contributed by atoms with Gasteiger partial charge in [0.15, 0.2) is 11.6 Å². The van der Waals surface area contributed by atoms with Gasteiger partial charge in [-0.25, -0.2) is 17.8 Å². The van der Waals surface area contributed by atoms with E-state index in [1.807, 2.05) is 0 Å². The van der Waals surface area contributed by atoms with Crippen molar-refractivity contribution in [2.45, 2.75) is 31.4 Å². The monoisotopic (exact) mass is 352 g/mol. The van der Waals surface area contributed by atoms with Crippen LogP contribution < -0.4 is 0 Å². The van der Waals surface area contributed by atoms with Crippen LogP contribution in [0.4, 0.5) is 13.2 Å². The van der Waals surface area contributed by atoms with Crippen LogP contribution in [-0.4, -0.2) is 32.0 Å². The van der Waals surface area contributed by atoms with Gasteiger partial charge in [0.1, 0.15) is 12.8 Å². The van der Waals surface area contributed by atoms with Crippen LogP contribution in [0.3, 0.4) is 0 Å². The molecule has 0 saturated heterocycles. The van der Waals surface area contributed by atoms with Crippen molar-refractivity contribution in [2.75, 3.05) is 12.4 Å². The second-order valence-corrected chi connectivity index (χ2v) is 7.12. The first kappa shape index (κ1) is 17.5. The third kappa shape index (κ3) is 5.08. The number of allylic oxidation sites excluding steroid dienone is 1. The highest BCUT2D eigenvalue weighted by Crippen LogP contribution is 2.28. The molecule has 2 rings (SSSR count). The predicted molar refractivity (Wildman–Crippen MR) is 74.5 cm³/mol. The molecule has 0 spiro atoms. The Bertz CT molecular complexity index is 720. The largest absolute Gasteiger partial charge is 0.427 e. The first-order valence-electron chi connectivity index (χ1n) is 6.84. The van der Waals surface area contributed by atoms with Crippen LogP contribution in [0.5, 0.6) is 0 Å². The zero-order valence-corrected chi connectivity index (χ0v) is 13.1. The maximum atomic E-state index is 12.7. The summed E-state index contributed by atoms with van der Waals surface area (Å²) in [7, 11) is -4.11. The van der Waals surface area contributed by atoms with Gasteiger partial charge < -0.3 is 9.25 Å². The lowest BCUT2D eigenvalue weighted by atomic mass is 10.4. The zero-order chi connectivity index (χ0) is 17.0. The molecule has 128 valence electrons. The summed E-state index contributed by atoms with van der Waals surface area (Å²) in [6, 6.07) is 0. The van der Waals surface area contributed by atoms with Gasteiger partial charge in [-0.05, 0) is 25.7 Å². The Morgan fingerprint density at radius 3 is 2.74 bits per heavy atom. The molecule has 1 aliphatic carbocycles. The molecule has 0 amide bonds. The van der Waals surface area contributed by atoms with Crippen molar-refractivity contribution < 1.29 is 30.8 Å². The van der Waals surface area contributed by atoms with E-state index in [1.54, 1.807) is 0 Å². The molecule has 0 unspecified atom stereocenters. The minimum Gasteiger partial charge on any atom is -0.427 e. The van der Waals surface area contributed by atoms with E-state index in [0.29, 0.717) is 12.5 Å².